The quantitative estimate of drug-likeness (QED) is 0.607. The van der Waals surface area contributed by atoms with E-state index in [0.29, 0.717) is 0 Å². The zero-order chi connectivity index (χ0) is 7.52. The van der Waals surface area contributed by atoms with Gasteiger partial charge in [-0.25, -0.2) is 0 Å². The molecule has 0 aliphatic heterocycles. The van der Waals surface area contributed by atoms with Crippen LogP contribution in [0.15, 0.2) is 41.1 Å². The van der Waals surface area contributed by atoms with Crippen LogP contribution < -0.4 is 5.10 Å². The van der Waals surface area contributed by atoms with Crippen molar-refractivity contribution in [3.8, 4) is 11.3 Å². The number of aromatic nitrogens is 2. The Morgan fingerprint density at radius 2 is 2.00 bits per heavy atom. The summed E-state index contributed by atoms with van der Waals surface area (Å²) in [6.07, 6.45) is 1.72. The lowest BCUT2D eigenvalue weighted by Crippen LogP contribution is -1.96. The highest BCUT2D eigenvalue weighted by Crippen LogP contribution is 2.14. The van der Waals surface area contributed by atoms with Crippen LogP contribution in [-0.2, 0) is 0 Å². The second-order valence-electron chi connectivity index (χ2n) is 2.19. The van der Waals surface area contributed by atoms with Gasteiger partial charge in [0.25, 0.3) is 0 Å². The predicted molar refractivity (Wildman–Crippen MR) is 38.5 cm³/mol. The highest BCUT2D eigenvalue weighted by Gasteiger charge is 2.03. The molecule has 1 aromatic heterocycles. The zero-order valence-corrected chi connectivity index (χ0v) is 5.82. The van der Waals surface area contributed by atoms with Crippen LogP contribution in [0.25, 0.3) is 11.3 Å². The van der Waals surface area contributed by atoms with Crippen molar-refractivity contribution in [1.82, 2.24) is 5.27 Å². The molecule has 0 aliphatic carbocycles. The first-order valence-corrected chi connectivity index (χ1v) is 3.35. The minimum Gasteiger partial charge on any atom is -0.300 e. The highest BCUT2D eigenvalue weighted by molar-refractivity contribution is 5.54. The third kappa shape index (κ3) is 1.12. The molecule has 3 heteroatoms. The molecule has 0 bridgehead atoms. The Morgan fingerprint density at radius 3 is 2.64 bits per heavy atom. The van der Waals surface area contributed by atoms with Crippen molar-refractivity contribution in [2.75, 3.05) is 0 Å². The van der Waals surface area contributed by atoms with Gasteiger partial charge in [-0.3, -0.25) is 0 Å². The summed E-state index contributed by atoms with van der Waals surface area (Å²) in [5.74, 6) is 0.755. The molecule has 0 saturated carbocycles. The molecule has 1 N–H and O–H groups in total. The monoisotopic (exact) mass is 147 g/mol. The van der Waals surface area contributed by atoms with E-state index >= 15 is 0 Å². The predicted octanol–water partition coefficient (Wildman–Crippen LogP) is 1.16. The SMILES string of the molecule is c1ccc(-c2c[nH+]no2)cc1. The van der Waals surface area contributed by atoms with Gasteiger partial charge in [-0.2, -0.15) is 0 Å². The van der Waals surface area contributed by atoms with Gasteiger partial charge in [-0.15, -0.1) is 0 Å². The van der Waals surface area contributed by atoms with Gasteiger partial charge in [-0.05, 0) is 0 Å². The van der Waals surface area contributed by atoms with E-state index in [1.807, 2.05) is 30.3 Å². The molecule has 0 unspecified atom stereocenters. The Labute approximate surface area is 63.6 Å². The molecule has 11 heavy (non-hydrogen) atoms. The number of H-pyrrole nitrogens is 1. The number of hydrogen-bond donors (Lipinski definition) is 0. The first kappa shape index (κ1) is 6.09. The molecule has 2 rings (SSSR count). The van der Waals surface area contributed by atoms with E-state index < -0.39 is 0 Å². The minimum atomic E-state index is 0.755. The standard InChI is InChI=1S/C8H6N2O/c1-2-4-7(5-3-1)8-6-9-10-11-8/h1-6H/p+1. The van der Waals surface area contributed by atoms with E-state index in [2.05, 4.69) is 10.4 Å². The van der Waals surface area contributed by atoms with Crippen LogP contribution in [0.5, 0.6) is 0 Å². The summed E-state index contributed by atoms with van der Waals surface area (Å²) >= 11 is 0. The van der Waals surface area contributed by atoms with Crippen molar-refractivity contribution in [2.45, 2.75) is 0 Å². The van der Waals surface area contributed by atoms with Crippen molar-refractivity contribution >= 4 is 0 Å². The summed E-state index contributed by atoms with van der Waals surface area (Å²) in [5.41, 5.74) is 1.03. The van der Waals surface area contributed by atoms with Crippen molar-refractivity contribution in [2.24, 2.45) is 0 Å². The number of rotatable bonds is 1. The first-order valence-electron chi connectivity index (χ1n) is 3.35. The normalized spacial score (nSPS) is 9.82. The smallest absolute Gasteiger partial charge is 0.242 e. The summed E-state index contributed by atoms with van der Waals surface area (Å²) in [4.78, 5) is 0. The van der Waals surface area contributed by atoms with Crippen LogP contribution in [0.2, 0.25) is 0 Å². The van der Waals surface area contributed by atoms with Gasteiger partial charge in [0.1, 0.15) is 0 Å². The summed E-state index contributed by atoms with van der Waals surface area (Å²) in [7, 11) is 0. The molecular weight excluding hydrogens is 140 g/mol. The lowest BCUT2D eigenvalue weighted by Gasteiger charge is -1.87. The number of aromatic amines is 1. The third-order valence-electron chi connectivity index (χ3n) is 1.45. The van der Waals surface area contributed by atoms with Crippen LogP contribution in [0.3, 0.4) is 0 Å². The Morgan fingerprint density at radius 1 is 1.18 bits per heavy atom. The maximum atomic E-state index is 4.91. The van der Waals surface area contributed by atoms with E-state index in [1.165, 1.54) is 0 Å². The Bertz CT molecular complexity index is 315. The number of nitrogens with one attached hydrogen (secondary N) is 1. The number of benzene rings is 1. The second kappa shape index (κ2) is 2.54. The van der Waals surface area contributed by atoms with Gasteiger partial charge >= 0.3 is 0 Å². The molecule has 0 fully saturated rings. The Balaban J connectivity index is 2.46. The van der Waals surface area contributed by atoms with E-state index in [-0.39, 0.29) is 0 Å². The lowest BCUT2D eigenvalue weighted by molar-refractivity contribution is -0.471. The van der Waals surface area contributed by atoms with E-state index in [9.17, 15) is 0 Å². The summed E-state index contributed by atoms with van der Waals surface area (Å²) in [5, 5.41) is 6.11. The number of nitrogens with zero attached hydrogens (tertiary/aromatic N) is 1. The van der Waals surface area contributed by atoms with Gasteiger partial charge in [-0.1, -0.05) is 35.4 Å². The molecule has 2 aromatic rings. The maximum Gasteiger partial charge on any atom is 0.242 e. The fourth-order valence-electron chi connectivity index (χ4n) is 0.925. The Kier molecular flexibility index (Phi) is 1.41. The minimum absolute atomic E-state index is 0.755. The van der Waals surface area contributed by atoms with Crippen LogP contribution in [-0.4, -0.2) is 5.27 Å². The maximum absolute atomic E-state index is 4.91. The average Bonchev–Trinajstić information content (AvgIpc) is 2.58. The fourth-order valence-corrected chi connectivity index (χ4v) is 0.925. The van der Waals surface area contributed by atoms with Crippen LogP contribution in [0.1, 0.15) is 0 Å². The molecule has 0 aliphatic rings. The van der Waals surface area contributed by atoms with Crippen molar-refractivity contribution in [3.05, 3.63) is 36.5 Å². The van der Waals surface area contributed by atoms with Gasteiger partial charge in [0, 0.05) is 5.56 Å². The zero-order valence-electron chi connectivity index (χ0n) is 5.82. The van der Waals surface area contributed by atoms with Gasteiger partial charge in [0.2, 0.25) is 12.0 Å². The fraction of sp³-hybridized carbons (Fsp3) is 0. The largest absolute Gasteiger partial charge is 0.300 e. The summed E-state index contributed by atoms with van der Waals surface area (Å²) < 4.78 is 4.91. The second-order valence-corrected chi connectivity index (χ2v) is 2.19. The van der Waals surface area contributed by atoms with Crippen molar-refractivity contribution < 1.29 is 9.62 Å². The highest BCUT2D eigenvalue weighted by atomic mass is 16.5. The number of hydrogen-bond acceptors (Lipinski definition) is 2. The lowest BCUT2D eigenvalue weighted by atomic mass is 10.2. The summed E-state index contributed by atoms with van der Waals surface area (Å²) in [6.45, 7) is 0. The first-order chi connectivity index (χ1) is 5.47. The van der Waals surface area contributed by atoms with Crippen LogP contribution >= 0.6 is 0 Å². The van der Waals surface area contributed by atoms with Crippen molar-refractivity contribution in [3.63, 3.8) is 0 Å². The molecule has 54 valence electrons. The van der Waals surface area contributed by atoms with Gasteiger partial charge < -0.3 is 4.52 Å². The van der Waals surface area contributed by atoms with E-state index in [4.69, 9.17) is 4.52 Å². The van der Waals surface area contributed by atoms with Gasteiger partial charge in [0.15, 0.2) is 5.27 Å². The summed E-state index contributed by atoms with van der Waals surface area (Å²) in [6, 6.07) is 9.81. The molecule has 3 nitrogen and oxygen atoms in total. The molecule has 0 amide bonds. The molecule has 1 heterocycles. The molecule has 0 spiro atoms. The van der Waals surface area contributed by atoms with Crippen LogP contribution in [0.4, 0.5) is 0 Å². The third-order valence-corrected chi connectivity index (χ3v) is 1.45. The average molecular weight is 147 g/mol. The van der Waals surface area contributed by atoms with Crippen molar-refractivity contribution in [1.29, 1.82) is 0 Å². The van der Waals surface area contributed by atoms with E-state index in [1.54, 1.807) is 6.20 Å². The molecule has 1 aromatic carbocycles. The van der Waals surface area contributed by atoms with Crippen LogP contribution in [0, 0.1) is 0 Å². The molecule has 0 radical (unpaired) electrons. The molecular formula is C8H7N2O+. The Hall–Kier alpha value is -1.64. The topological polar surface area (TPSA) is 40.2 Å². The molecule has 0 atom stereocenters. The molecule has 0 saturated heterocycles. The van der Waals surface area contributed by atoms with E-state index in [0.717, 1.165) is 11.3 Å². The van der Waals surface area contributed by atoms with Gasteiger partial charge in [0.05, 0.1) is 0 Å².